The zero-order valence-electron chi connectivity index (χ0n) is 8.49. The summed E-state index contributed by atoms with van der Waals surface area (Å²) in [5.41, 5.74) is 0. The van der Waals surface area contributed by atoms with Gasteiger partial charge in [0.1, 0.15) is 0 Å². The van der Waals surface area contributed by atoms with Crippen molar-refractivity contribution in [2.24, 2.45) is 0 Å². The molecular weight excluding hydrogens is 279 g/mol. The van der Waals surface area contributed by atoms with Gasteiger partial charge in [-0.1, -0.05) is 0 Å². The fraction of sp³-hybridized carbons (Fsp3) is 0.182. The first kappa shape index (κ1) is 12.3. The molecule has 0 aliphatic carbocycles. The molecular formula is C11H11ClO2Se. The van der Waals surface area contributed by atoms with Gasteiger partial charge >= 0.3 is 100 Å². The second kappa shape index (κ2) is 5.96. The van der Waals surface area contributed by atoms with Crippen LogP contribution in [0.1, 0.15) is 6.92 Å². The molecule has 80 valence electrons. The van der Waals surface area contributed by atoms with Crippen molar-refractivity contribution < 1.29 is 9.53 Å². The molecule has 1 aromatic carbocycles. The van der Waals surface area contributed by atoms with E-state index in [1.807, 2.05) is 31.2 Å². The molecule has 0 heterocycles. The van der Waals surface area contributed by atoms with Gasteiger partial charge in [0.15, 0.2) is 0 Å². The molecule has 2 nitrogen and oxygen atoms in total. The molecule has 1 rings (SSSR count). The van der Waals surface area contributed by atoms with Crippen molar-refractivity contribution >= 4 is 37.0 Å². The van der Waals surface area contributed by atoms with Crippen molar-refractivity contribution in [3.63, 3.8) is 0 Å². The Morgan fingerprint density at radius 3 is 2.47 bits per heavy atom. The average Bonchev–Trinajstić information content (AvgIpc) is 2.27. The molecule has 0 amide bonds. The normalized spacial score (nSPS) is 11.3. The standard InChI is InChI=1S/C11H11ClO2Se/c1-3-10(11(13)14-2)15-9-6-4-8(12)5-7-9/h3-7H,1-2H3/b10-3-. The van der Waals surface area contributed by atoms with Crippen molar-refractivity contribution in [2.45, 2.75) is 6.92 Å². The summed E-state index contributed by atoms with van der Waals surface area (Å²) in [6.45, 7) is 1.84. The number of ether oxygens (including phenoxy) is 1. The summed E-state index contributed by atoms with van der Waals surface area (Å²) >= 11 is 5.75. The van der Waals surface area contributed by atoms with Gasteiger partial charge < -0.3 is 0 Å². The van der Waals surface area contributed by atoms with Crippen LogP contribution in [0.15, 0.2) is 34.8 Å². The molecule has 0 radical (unpaired) electrons. The minimum atomic E-state index is -0.257. The van der Waals surface area contributed by atoms with Gasteiger partial charge in [0.2, 0.25) is 0 Å². The predicted octanol–water partition coefficient (Wildman–Crippen LogP) is 1.75. The van der Waals surface area contributed by atoms with E-state index in [-0.39, 0.29) is 20.9 Å². The molecule has 0 saturated carbocycles. The monoisotopic (exact) mass is 290 g/mol. The number of carbonyl (C=O) groups is 1. The second-order valence-electron chi connectivity index (χ2n) is 2.70. The Morgan fingerprint density at radius 2 is 2.00 bits per heavy atom. The van der Waals surface area contributed by atoms with Crippen molar-refractivity contribution in [3.05, 3.63) is 39.8 Å². The molecule has 0 aromatic heterocycles. The van der Waals surface area contributed by atoms with E-state index in [1.54, 1.807) is 6.08 Å². The van der Waals surface area contributed by atoms with E-state index in [0.717, 1.165) is 4.46 Å². The minimum absolute atomic E-state index is 0.0214. The number of hydrogen-bond acceptors (Lipinski definition) is 2. The third kappa shape index (κ3) is 3.71. The Labute approximate surface area is 100 Å². The van der Waals surface area contributed by atoms with Gasteiger partial charge in [-0.25, -0.2) is 0 Å². The molecule has 0 N–H and O–H groups in total. The molecule has 0 aliphatic rings. The van der Waals surface area contributed by atoms with Crippen molar-refractivity contribution in [1.82, 2.24) is 0 Å². The summed E-state index contributed by atoms with van der Waals surface area (Å²) in [6, 6.07) is 7.50. The number of benzene rings is 1. The molecule has 0 spiro atoms. The summed E-state index contributed by atoms with van der Waals surface area (Å²) in [4.78, 5) is 11.3. The van der Waals surface area contributed by atoms with Crippen LogP contribution in [0, 0.1) is 0 Å². The number of esters is 1. The Balaban J connectivity index is 2.76. The van der Waals surface area contributed by atoms with Crippen LogP contribution in [0.2, 0.25) is 5.02 Å². The molecule has 0 saturated heterocycles. The van der Waals surface area contributed by atoms with Crippen LogP contribution in [0.3, 0.4) is 0 Å². The first-order chi connectivity index (χ1) is 7.17. The fourth-order valence-electron chi connectivity index (χ4n) is 0.949. The SMILES string of the molecule is C/C=C(\[Se]c1ccc(Cl)cc1)C(=O)OC. The Bertz CT molecular complexity index is 371. The van der Waals surface area contributed by atoms with E-state index in [0.29, 0.717) is 9.49 Å². The molecule has 0 bridgehead atoms. The van der Waals surface area contributed by atoms with Crippen LogP contribution in [-0.4, -0.2) is 28.0 Å². The van der Waals surface area contributed by atoms with Crippen LogP contribution in [0.5, 0.6) is 0 Å². The summed E-state index contributed by atoms with van der Waals surface area (Å²) in [6.07, 6.45) is 1.79. The maximum atomic E-state index is 11.3. The van der Waals surface area contributed by atoms with E-state index in [2.05, 4.69) is 4.74 Å². The number of rotatable bonds is 3. The third-order valence-electron chi connectivity index (χ3n) is 1.69. The molecule has 1 aromatic rings. The van der Waals surface area contributed by atoms with Crippen LogP contribution < -0.4 is 4.46 Å². The van der Waals surface area contributed by atoms with Crippen LogP contribution in [0.4, 0.5) is 0 Å². The first-order valence-corrected chi connectivity index (χ1v) is 6.44. The quantitative estimate of drug-likeness (QED) is 0.481. The molecule has 0 fully saturated rings. The molecule has 0 unspecified atom stereocenters. The topological polar surface area (TPSA) is 26.3 Å². The Morgan fingerprint density at radius 1 is 1.40 bits per heavy atom. The fourth-order valence-corrected chi connectivity index (χ4v) is 2.78. The maximum absolute atomic E-state index is 11.3. The average molecular weight is 290 g/mol. The van der Waals surface area contributed by atoms with Crippen LogP contribution >= 0.6 is 11.6 Å². The number of halogens is 1. The van der Waals surface area contributed by atoms with Gasteiger partial charge in [-0.15, -0.1) is 0 Å². The summed E-state index contributed by atoms with van der Waals surface area (Å²) < 4.78 is 6.50. The molecule has 0 atom stereocenters. The van der Waals surface area contributed by atoms with Crippen LogP contribution in [0.25, 0.3) is 0 Å². The van der Waals surface area contributed by atoms with E-state index < -0.39 is 0 Å². The van der Waals surface area contributed by atoms with E-state index in [9.17, 15) is 4.79 Å². The molecule has 4 heteroatoms. The number of allylic oxidation sites excluding steroid dienone is 1. The number of hydrogen-bond donors (Lipinski definition) is 0. The number of methoxy groups -OCH3 is 1. The van der Waals surface area contributed by atoms with Gasteiger partial charge in [0.05, 0.1) is 0 Å². The first-order valence-electron chi connectivity index (χ1n) is 4.35. The third-order valence-corrected chi connectivity index (χ3v) is 4.31. The zero-order chi connectivity index (χ0) is 11.3. The number of carbonyl (C=O) groups excluding carboxylic acids is 1. The van der Waals surface area contributed by atoms with E-state index in [4.69, 9.17) is 11.6 Å². The van der Waals surface area contributed by atoms with Gasteiger partial charge in [0, 0.05) is 0 Å². The van der Waals surface area contributed by atoms with Crippen LogP contribution in [-0.2, 0) is 9.53 Å². The Hall–Kier alpha value is -0.761. The van der Waals surface area contributed by atoms with Crippen molar-refractivity contribution in [2.75, 3.05) is 7.11 Å². The summed E-state index contributed by atoms with van der Waals surface area (Å²) in [7, 11) is 1.39. The summed E-state index contributed by atoms with van der Waals surface area (Å²) in [5, 5.41) is 0.703. The Kier molecular flexibility index (Phi) is 4.89. The van der Waals surface area contributed by atoms with Crippen molar-refractivity contribution in [1.29, 1.82) is 0 Å². The molecule has 0 aliphatic heterocycles. The summed E-state index contributed by atoms with van der Waals surface area (Å²) in [5.74, 6) is -0.257. The van der Waals surface area contributed by atoms with E-state index in [1.165, 1.54) is 7.11 Å². The van der Waals surface area contributed by atoms with Gasteiger partial charge in [-0.3, -0.25) is 0 Å². The molecule has 15 heavy (non-hydrogen) atoms. The predicted molar refractivity (Wildman–Crippen MR) is 62.6 cm³/mol. The van der Waals surface area contributed by atoms with Gasteiger partial charge in [-0.05, 0) is 0 Å². The van der Waals surface area contributed by atoms with Gasteiger partial charge in [0.25, 0.3) is 0 Å². The van der Waals surface area contributed by atoms with Gasteiger partial charge in [-0.2, -0.15) is 0 Å². The zero-order valence-corrected chi connectivity index (χ0v) is 11.0. The second-order valence-corrected chi connectivity index (χ2v) is 5.48. The van der Waals surface area contributed by atoms with E-state index >= 15 is 0 Å². The van der Waals surface area contributed by atoms with Crippen molar-refractivity contribution in [3.8, 4) is 0 Å².